The number of aromatic nitrogens is 1. The van der Waals surface area contributed by atoms with E-state index < -0.39 is 6.10 Å². The zero-order chi connectivity index (χ0) is 13.0. The summed E-state index contributed by atoms with van der Waals surface area (Å²) in [4.78, 5) is 4.12. The predicted molar refractivity (Wildman–Crippen MR) is 68.5 cm³/mol. The maximum atomic E-state index is 10.4. The van der Waals surface area contributed by atoms with E-state index in [4.69, 9.17) is 9.47 Å². The molecule has 1 aliphatic rings. The fraction of sp³-hybridized carbons (Fsp3) is 0.643. The number of nitrogens with zero attached hydrogens (tertiary/aromatic N) is 1. The van der Waals surface area contributed by atoms with Gasteiger partial charge in [-0.05, 0) is 25.8 Å². The fourth-order valence-electron chi connectivity index (χ4n) is 2.54. The van der Waals surface area contributed by atoms with Gasteiger partial charge in [0.15, 0.2) is 0 Å². The molecule has 3 atom stereocenters. The minimum atomic E-state index is -0.523. The molecule has 2 rings (SSSR count). The summed E-state index contributed by atoms with van der Waals surface area (Å²) in [7, 11) is 0. The van der Waals surface area contributed by atoms with Crippen molar-refractivity contribution in [3.8, 4) is 5.75 Å². The van der Waals surface area contributed by atoms with Crippen molar-refractivity contribution in [2.45, 2.75) is 38.9 Å². The Morgan fingerprint density at radius 1 is 1.50 bits per heavy atom. The number of aliphatic hydroxyl groups excluding tert-OH is 1. The van der Waals surface area contributed by atoms with E-state index in [0.29, 0.717) is 12.4 Å². The van der Waals surface area contributed by atoms with Crippen molar-refractivity contribution in [1.82, 2.24) is 4.98 Å². The minimum absolute atomic E-state index is 0.149. The molecule has 1 aromatic rings. The first-order valence-corrected chi connectivity index (χ1v) is 6.63. The molecule has 4 heteroatoms. The molecule has 18 heavy (non-hydrogen) atoms. The third-order valence-corrected chi connectivity index (χ3v) is 3.46. The van der Waals surface area contributed by atoms with Crippen molar-refractivity contribution >= 4 is 0 Å². The Balaban J connectivity index is 2.12. The van der Waals surface area contributed by atoms with E-state index in [1.165, 1.54) is 0 Å². The predicted octanol–water partition coefficient (Wildman–Crippen LogP) is 2.33. The molecular formula is C14H21NO3. The van der Waals surface area contributed by atoms with Crippen LogP contribution in [0.3, 0.4) is 0 Å². The summed E-state index contributed by atoms with van der Waals surface area (Å²) in [5.74, 6) is 0.870. The fourth-order valence-corrected chi connectivity index (χ4v) is 2.54. The van der Waals surface area contributed by atoms with Crippen LogP contribution in [0.1, 0.15) is 38.4 Å². The van der Waals surface area contributed by atoms with Gasteiger partial charge in [-0.3, -0.25) is 4.98 Å². The van der Waals surface area contributed by atoms with Gasteiger partial charge in [0.1, 0.15) is 5.75 Å². The number of rotatable bonds is 5. The summed E-state index contributed by atoms with van der Waals surface area (Å²) in [6.07, 6.45) is 4.83. The van der Waals surface area contributed by atoms with Crippen LogP contribution in [0.5, 0.6) is 5.75 Å². The summed E-state index contributed by atoms with van der Waals surface area (Å²) in [5, 5.41) is 10.4. The Labute approximate surface area is 108 Å². The SMILES string of the molecule is CCOc1cncc(C(O)C2CCOC2CC)c1. The highest BCUT2D eigenvalue weighted by atomic mass is 16.5. The number of ether oxygens (including phenoxy) is 2. The zero-order valence-corrected chi connectivity index (χ0v) is 11.0. The number of hydrogen-bond donors (Lipinski definition) is 1. The van der Waals surface area contributed by atoms with E-state index in [0.717, 1.165) is 25.0 Å². The quantitative estimate of drug-likeness (QED) is 0.872. The molecule has 1 saturated heterocycles. The van der Waals surface area contributed by atoms with Crippen LogP contribution >= 0.6 is 0 Å². The van der Waals surface area contributed by atoms with Gasteiger partial charge in [0, 0.05) is 24.3 Å². The van der Waals surface area contributed by atoms with Gasteiger partial charge in [0.2, 0.25) is 0 Å². The molecule has 1 aromatic heterocycles. The Morgan fingerprint density at radius 2 is 2.33 bits per heavy atom. The van der Waals surface area contributed by atoms with Crippen LogP contribution in [0.15, 0.2) is 18.5 Å². The van der Waals surface area contributed by atoms with Gasteiger partial charge in [-0.1, -0.05) is 6.92 Å². The monoisotopic (exact) mass is 251 g/mol. The molecule has 0 amide bonds. The molecule has 1 aliphatic heterocycles. The third kappa shape index (κ3) is 2.82. The van der Waals surface area contributed by atoms with Crippen LogP contribution in [0.4, 0.5) is 0 Å². The molecule has 3 unspecified atom stereocenters. The molecule has 100 valence electrons. The molecule has 0 aliphatic carbocycles. The molecule has 1 N–H and O–H groups in total. The van der Waals surface area contributed by atoms with Crippen molar-refractivity contribution in [3.05, 3.63) is 24.0 Å². The van der Waals surface area contributed by atoms with Crippen LogP contribution in [0.2, 0.25) is 0 Å². The standard InChI is InChI=1S/C14H21NO3/c1-3-13-12(5-6-18-13)14(16)10-7-11(17-4-2)9-15-8-10/h7-9,12-14,16H,3-6H2,1-2H3. The Hall–Kier alpha value is -1.13. The lowest BCUT2D eigenvalue weighted by atomic mass is 9.89. The van der Waals surface area contributed by atoms with Gasteiger partial charge in [0.05, 0.1) is 25.0 Å². The highest BCUT2D eigenvalue weighted by Gasteiger charge is 2.33. The summed E-state index contributed by atoms with van der Waals surface area (Å²) in [6, 6.07) is 1.87. The van der Waals surface area contributed by atoms with Crippen LogP contribution in [-0.2, 0) is 4.74 Å². The maximum absolute atomic E-state index is 10.4. The molecule has 0 aromatic carbocycles. The first kappa shape index (κ1) is 13.3. The molecule has 2 heterocycles. The topological polar surface area (TPSA) is 51.6 Å². The normalized spacial score (nSPS) is 25.1. The summed E-state index contributed by atoms with van der Waals surface area (Å²) >= 11 is 0. The highest BCUT2D eigenvalue weighted by molar-refractivity contribution is 5.25. The van der Waals surface area contributed by atoms with Gasteiger partial charge in [-0.25, -0.2) is 0 Å². The second-order valence-electron chi connectivity index (χ2n) is 4.60. The average Bonchev–Trinajstić information content (AvgIpc) is 2.87. The van der Waals surface area contributed by atoms with Crippen LogP contribution in [0.25, 0.3) is 0 Å². The lowest BCUT2D eigenvalue weighted by Crippen LogP contribution is -2.22. The van der Waals surface area contributed by atoms with Crippen LogP contribution in [0, 0.1) is 5.92 Å². The summed E-state index contributed by atoms with van der Waals surface area (Å²) in [5.41, 5.74) is 0.815. The van der Waals surface area contributed by atoms with Crippen LogP contribution < -0.4 is 4.74 Å². The molecular weight excluding hydrogens is 230 g/mol. The average molecular weight is 251 g/mol. The van der Waals surface area contributed by atoms with E-state index in [-0.39, 0.29) is 12.0 Å². The van der Waals surface area contributed by atoms with Gasteiger partial charge < -0.3 is 14.6 Å². The lowest BCUT2D eigenvalue weighted by molar-refractivity contribution is 0.0305. The van der Waals surface area contributed by atoms with Gasteiger partial charge in [-0.2, -0.15) is 0 Å². The summed E-state index contributed by atoms with van der Waals surface area (Å²) in [6.45, 7) is 5.36. The second kappa shape index (κ2) is 6.16. The van der Waals surface area contributed by atoms with Crippen LogP contribution in [-0.4, -0.2) is 29.4 Å². The molecule has 0 spiro atoms. The van der Waals surface area contributed by atoms with Crippen molar-refractivity contribution in [3.63, 3.8) is 0 Å². The van der Waals surface area contributed by atoms with Gasteiger partial charge in [0.25, 0.3) is 0 Å². The van der Waals surface area contributed by atoms with Crippen molar-refractivity contribution in [2.75, 3.05) is 13.2 Å². The summed E-state index contributed by atoms with van der Waals surface area (Å²) < 4.78 is 11.0. The smallest absolute Gasteiger partial charge is 0.137 e. The molecule has 1 fully saturated rings. The maximum Gasteiger partial charge on any atom is 0.137 e. The minimum Gasteiger partial charge on any atom is -0.492 e. The number of aliphatic hydroxyl groups is 1. The van der Waals surface area contributed by atoms with E-state index in [1.54, 1.807) is 12.4 Å². The number of hydrogen-bond acceptors (Lipinski definition) is 4. The lowest BCUT2D eigenvalue weighted by Gasteiger charge is -2.23. The van der Waals surface area contributed by atoms with Gasteiger partial charge >= 0.3 is 0 Å². The largest absolute Gasteiger partial charge is 0.492 e. The van der Waals surface area contributed by atoms with Crippen molar-refractivity contribution in [1.29, 1.82) is 0 Å². The highest BCUT2D eigenvalue weighted by Crippen LogP contribution is 2.35. The molecule has 0 saturated carbocycles. The first-order valence-electron chi connectivity index (χ1n) is 6.63. The first-order chi connectivity index (χ1) is 8.76. The van der Waals surface area contributed by atoms with E-state index in [2.05, 4.69) is 11.9 Å². The second-order valence-corrected chi connectivity index (χ2v) is 4.60. The number of pyridine rings is 1. The van der Waals surface area contributed by atoms with E-state index in [1.807, 2.05) is 13.0 Å². The van der Waals surface area contributed by atoms with Gasteiger partial charge in [-0.15, -0.1) is 0 Å². The zero-order valence-electron chi connectivity index (χ0n) is 11.0. The third-order valence-electron chi connectivity index (χ3n) is 3.46. The molecule has 0 radical (unpaired) electrons. The molecule has 0 bridgehead atoms. The van der Waals surface area contributed by atoms with E-state index in [9.17, 15) is 5.11 Å². The Kier molecular flexibility index (Phi) is 4.55. The van der Waals surface area contributed by atoms with Crippen molar-refractivity contribution < 1.29 is 14.6 Å². The van der Waals surface area contributed by atoms with Crippen molar-refractivity contribution in [2.24, 2.45) is 5.92 Å². The Bertz CT molecular complexity index is 383. The molecule has 4 nitrogen and oxygen atoms in total. The Morgan fingerprint density at radius 3 is 3.06 bits per heavy atom. The van der Waals surface area contributed by atoms with E-state index >= 15 is 0 Å².